The van der Waals surface area contributed by atoms with Crippen LogP contribution in [-0.2, 0) is 13.0 Å². The number of nitrogens with one attached hydrogen (secondary N) is 1. The molecule has 0 saturated carbocycles. The van der Waals surface area contributed by atoms with Crippen molar-refractivity contribution in [1.29, 1.82) is 0 Å². The number of rotatable bonds is 5. The van der Waals surface area contributed by atoms with Crippen molar-refractivity contribution in [2.24, 2.45) is 0 Å². The molecule has 0 radical (unpaired) electrons. The zero-order chi connectivity index (χ0) is 16.9. The highest BCUT2D eigenvalue weighted by molar-refractivity contribution is 7.09. The van der Waals surface area contributed by atoms with Gasteiger partial charge in [-0.05, 0) is 13.8 Å². The Balaban J connectivity index is 1.37. The minimum Gasteiger partial charge on any atom is -0.361 e. The molecule has 8 heteroatoms. The van der Waals surface area contributed by atoms with Crippen LogP contribution >= 0.6 is 11.3 Å². The number of urea groups is 1. The molecule has 3 heterocycles. The van der Waals surface area contributed by atoms with E-state index in [0.717, 1.165) is 61.3 Å². The van der Waals surface area contributed by atoms with Gasteiger partial charge < -0.3 is 14.7 Å². The summed E-state index contributed by atoms with van der Waals surface area (Å²) < 4.78 is 5.09. The van der Waals surface area contributed by atoms with Crippen molar-refractivity contribution in [3.05, 3.63) is 33.6 Å². The third-order valence-electron chi connectivity index (χ3n) is 4.00. The maximum Gasteiger partial charge on any atom is 0.317 e. The van der Waals surface area contributed by atoms with Crippen molar-refractivity contribution >= 4 is 17.4 Å². The summed E-state index contributed by atoms with van der Waals surface area (Å²) >= 11 is 1.64. The van der Waals surface area contributed by atoms with E-state index >= 15 is 0 Å². The Bertz CT molecular complexity index is 676. The fourth-order valence-electron chi connectivity index (χ4n) is 2.74. The number of carbonyl (C=O) groups is 1. The largest absolute Gasteiger partial charge is 0.361 e. The molecule has 1 fully saturated rings. The molecule has 2 amide bonds. The quantitative estimate of drug-likeness (QED) is 0.891. The van der Waals surface area contributed by atoms with Crippen molar-refractivity contribution in [2.75, 3.05) is 32.7 Å². The summed E-state index contributed by atoms with van der Waals surface area (Å²) in [5, 5.41) is 10.1. The van der Waals surface area contributed by atoms with E-state index in [-0.39, 0.29) is 6.03 Å². The summed E-state index contributed by atoms with van der Waals surface area (Å²) in [5.41, 5.74) is 1.99. The Morgan fingerprint density at radius 1 is 1.33 bits per heavy atom. The molecule has 0 atom stereocenters. The van der Waals surface area contributed by atoms with Crippen molar-refractivity contribution < 1.29 is 9.32 Å². The average molecular weight is 349 g/mol. The van der Waals surface area contributed by atoms with Gasteiger partial charge in [-0.25, -0.2) is 9.78 Å². The van der Waals surface area contributed by atoms with Gasteiger partial charge in [-0.2, -0.15) is 0 Å². The van der Waals surface area contributed by atoms with Gasteiger partial charge in [0.15, 0.2) is 0 Å². The van der Waals surface area contributed by atoms with E-state index in [1.807, 2.05) is 30.2 Å². The Labute approximate surface area is 145 Å². The number of carbonyl (C=O) groups excluding carboxylic acids is 1. The molecule has 2 aromatic heterocycles. The molecule has 2 aromatic rings. The van der Waals surface area contributed by atoms with Crippen LogP contribution in [0.25, 0.3) is 0 Å². The molecule has 1 saturated heterocycles. The van der Waals surface area contributed by atoms with Gasteiger partial charge in [0.25, 0.3) is 0 Å². The average Bonchev–Trinajstić information content (AvgIpc) is 3.16. The van der Waals surface area contributed by atoms with E-state index in [2.05, 4.69) is 20.4 Å². The predicted molar refractivity (Wildman–Crippen MR) is 92.0 cm³/mol. The smallest absolute Gasteiger partial charge is 0.317 e. The van der Waals surface area contributed by atoms with Crippen LogP contribution in [0.15, 0.2) is 16.0 Å². The summed E-state index contributed by atoms with van der Waals surface area (Å²) in [7, 11) is 0. The van der Waals surface area contributed by atoms with E-state index in [4.69, 9.17) is 4.52 Å². The maximum atomic E-state index is 12.2. The van der Waals surface area contributed by atoms with Gasteiger partial charge in [0.1, 0.15) is 5.76 Å². The summed E-state index contributed by atoms with van der Waals surface area (Å²) in [6.45, 7) is 8.46. The molecule has 0 unspecified atom stereocenters. The summed E-state index contributed by atoms with van der Waals surface area (Å²) in [6.07, 6.45) is 0.787. The number of aryl methyl sites for hydroxylation is 2. The molecule has 1 aliphatic heterocycles. The fraction of sp³-hybridized carbons (Fsp3) is 0.562. The molecule has 3 rings (SSSR count). The first-order valence-electron chi connectivity index (χ1n) is 8.18. The van der Waals surface area contributed by atoms with Gasteiger partial charge in [-0.1, -0.05) is 5.16 Å². The van der Waals surface area contributed by atoms with E-state index in [1.165, 1.54) is 0 Å². The van der Waals surface area contributed by atoms with Crippen LogP contribution in [0.5, 0.6) is 0 Å². The number of hydrogen-bond donors (Lipinski definition) is 1. The minimum absolute atomic E-state index is 0.0141. The van der Waals surface area contributed by atoms with E-state index in [0.29, 0.717) is 6.54 Å². The number of piperazine rings is 1. The molecule has 24 heavy (non-hydrogen) atoms. The van der Waals surface area contributed by atoms with E-state index < -0.39 is 0 Å². The SMILES string of the molecule is Cc1csc(CCNC(=O)N2CCN(Cc3cc(C)on3)CC2)n1. The first kappa shape index (κ1) is 16.9. The molecule has 0 aliphatic carbocycles. The van der Waals surface area contributed by atoms with Crippen LogP contribution in [0.1, 0.15) is 22.2 Å². The van der Waals surface area contributed by atoms with Gasteiger partial charge in [-0.3, -0.25) is 4.90 Å². The van der Waals surface area contributed by atoms with Gasteiger partial charge in [0, 0.05) is 62.8 Å². The van der Waals surface area contributed by atoms with Crippen molar-refractivity contribution in [3.63, 3.8) is 0 Å². The second kappa shape index (κ2) is 7.76. The minimum atomic E-state index is 0.0141. The lowest BCUT2D eigenvalue weighted by molar-refractivity contribution is 0.133. The van der Waals surface area contributed by atoms with Crippen molar-refractivity contribution in [3.8, 4) is 0 Å². The zero-order valence-electron chi connectivity index (χ0n) is 14.1. The first-order valence-corrected chi connectivity index (χ1v) is 9.06. The second-order valence-corrected chi connectivity index (χ2v) is 7.00. The first-order chi connectivity index (χ1) is 11.6. The molecule has 1 aliphatic rings. The van der Waals surface area contributed by atoms with E-state index in [9.17, 15) is 4.79 Å². The maximum absolute atomic E-state index is 12.2. The fourth-order valence-corrected chi connectivity index (χ4v) is 3.51. The highest BCUT2D eigenvalue weighted by Crippen LogP contribution is 2.10. The Morgan fingerprint density at radius 2 is 2.12 bits per heavy atom. The summed E-state index contributed by atoms with van der Waals surface area (Å²) in [5.74, 6) is 0.832. The monoisotopic (exact) mass is 349 g/mol. The van der Waals surface area contributed by atoms with Gasteiger partial charge in [0.05, 0.1) is 10.7 Å². The lowest BCUT2D eigenvalue weighted by Crippen LogP contribution is -2.51. The van der Waals surface area contributed by atoms with Crippen molar-refractivity contribution in [1.82, 2.24) is 25.3 Å². The van der Waals surface area contributed by atoms with Crippen LogP contribution in [0.4, 0.5) is 4.79 Å². The summed E-state index contributed by atoms with van der Waals surface area (Å²) in [4.78, 5) is 20.8. The van der Waals surface area contributed by atoms with Crippen LogP contribution in [0, 0.1) is 13.8 Å². The molecular formula is C16H23N5O2S. The topological polar surface area (TPSA) is 74.5 Å². The lowest BCUT2D eigenvalue weighted by atomic mass is 10.3. The number of nitrogens with zero attached hydrogens (tertiary/aromatic N) is 4. The van der Waals surface area contributed by atoms with Crippen LogP contribution in [0.2, 0.25) is 0 Å². The number of hydrogen-bond acceptors (Lipinski definition) is 6. The Morgan fingerprint density at radius 3 is 2.75 bits per heavy atom. The van der Waals surface area contributed by atoms with Gasteiger partial charge >= 0.3 is 6.03 Å². The second-order valence-electron chi connectivity index (χ2n) is 6.06. The zero-order valence-corrected chi connectivity index (χ0v) is 14.9. The lowest BCUT2D eigenvalue weighted by Gasteiger charge is -2.34. The standard InChI is InChI=1S/C16H23N5O2S/c1-12-11-24-15(18-12)3-4-17-16(22)21-7-5-20(6-8-21)10-14-9-13(2)23-19-14/h9,11H,3-8,10H2,1-2H3,(H,17,22). The highest BCUT2D eigenvalue weighted by atomic mass is 32.1. The van der Waals surface area contributed by atoms with Crippen molar-refractivity contribution in [2.45, 2.75) is 26.8 Å². The van der Waals surface area contributed by atoms with Crippen LogP contribution in [0.3, 0.4) is 0 Å². The van der Waals surface area contributed by atoms with Crippen LogP contribution < -0.4 is 5.32 Å². The predicted octanol–water partition coefficient (Wildman–Crippen LogP) is 1.82. The van der Waals surface area contributed by atoms with Crippen LogP contribution in [-0.4, -0.2) is 58.7 Å². The normalized spacial score (nSPS) is 15.7. The number of thiazole rings is 1. The van der Waals surface area contributed by atoms with E-state index in [1.54, 1.807) is 11.3 Å². The summed E-state index contributed by atoms with van der Waals surface area (Å²) in [6, 6.07) is 1.97. The molecule has 7 nitrogen and oxygen atoms in total. The van der Waals surface area contributed by atoms with Gasteiger partial charge in [0.2, 0.25) is 0 Å². The molecule has 0 spiro atoms. The third kappa shape index (κ3) is 4.55. The molecular weight excluding hydrogens is 326 g/mol. The number of amides is 2. The molecule has 0 bridgehead atoms. The molecule has 1 N–H and O–H groups in total. The number of aromatic nitrogens is 2. The van der Waals surface area contributed by atoms with Gasteiger partial charge in [-0.15, -0.1) is 11.3 Å². The Hall–Kier alpha value is -1.93. The highest BCUT2D eigenvalue weighted by Gasteiger charge is 2.21. The molecule has 130 valence electrons. The molecule has 0 aromatic carbocycles. The Kier molecular flexibility index (Phi) is 5.47. The third-order valence-corrected chi connectivity index (χ3v) is 5.03.